The zero-order valence-electron chi connectivity index (χ0n) is 7.21. The molecule has 13 heavy (non-hydrogen) atoms. The summed E-state index contributed by atoms with van der Waals surface area (Å²) in [7, 11) is 0. The smallest absolute Gasteiger partial charge is 0.234 e. The summed E-state index contributed by atoms with van der Waals surface area (Å²) >= 11 is 4.96. The zero-order valence-corrected chi connectivity index (χ0v) is 9.61. The van der Waals surface area contributed by atoms with Crippen molar-refractivity contribution < 1.29 is 4.79 Å². The third-order valence-electron chi connectivity index (χ3n) is 1.58. The van der Waals surface area contributed by atoms with Crippen molar-refractivity contribution in [1.29, 1.82) is 0 Å². The predicted octanol–water partition coefficient (Wildman–Crippen LogP) is 1.65. The SMILES string of the molecule is CC(NC(=O)CN)c1cc(Br)cs1. The fourth-order valence-corrected chi connectivity index (χ4v) is 2.38. The maximum absolute atomic E-state index is 11.0. The number of carbonyl (C=O) groups excluding carboxylic acids is 1. The summed E-state index contributed by atoms with van der Waals surface area (Å²) in [6, 6.07) is 2.03. The number of nitrogens with one attached hydrogen (secondary N) is 1. The predicted molar refractivity (Wildman–Crippen MR) is 57.6 cm³/mol. The molecule has 1 aromatic rings. The number of halogens is 1. The first kappa shape index (κ1) is 10.7. The van der Waals surface area contributed by atoms with E-state index in [9.17, 15) is 4.79 Å². The van der Waals surface area contributed by atoms with Gasteiger partial charge < -0.3 is 11.1 Å². The molecule has 5 heteroatoms. The minimum atomic E-state index is -0.128. The Hall–Kier alpha value is -0.390. The summed E-state index contributed by atoms with van der Waals surface area (Å²) in [5.41, 5.74) is 5.19. The van der Waals surface area contributed by atoms with Crippen LogP contribution in [0.4, 0.5) is 0 Å². The molecule has 0 aliphatic heterocycles. The highest BCUT2D eigenvalue weighted by Gasteiger charge is 2.09. The van der Waals surface area contributed by atoms with Crippen LogP contribution in [-0.2, 0) is 4.79 Å². The molecule has 1 unspecified atom stereocenters. The van der Waals surface area contributed by atoms with Gasteiger partial charge in [0, 0.05) is 14.7 Å². The summed E-state index contributed by atoms with van der Waals surface area (Å²) in [6.45, 7) is 1.97. The first-order chi connectivity index (χ1) is 6.13. The molecule has 3 N–H and O–H groups in total. The lowest BCUT2D eigenvalue weighted by molar-refractivity contribution is -0.120. The van der Waals surface area contributed by atoms with Crippen LogP contribution in [0, 0.1) is 0 Å². The molecule has 1 aromatic heterocycles. The van der Waals surface area contributed by atoms with Gasteiger partial charge >= 0.3 is 0 Å². The molecule has 1 amide bonds. The number of amides is 1. The van der Waals surface area contributed by atoms with E-state index in [1.54, 1.807) is 11.3 Å². The summed E-state index contributed by atoms with van der Waals surface area (Å²) in [5.74, 6) is -0.128. The molecule has 0 fully saturated rings. The van der Waals surface area contributed by atoms with Gasteiger partial charge in [-0.1, -0.05) is 0 Å². The molecule has 0 bridgehead atoms. The molecule has 0 aliphatic carbocycles. The Labute approximate surface area is 89.5 Å². The van der Waals surface area contributed by atoms with Gasteiger partial charge in [0.15, 0.2) is 0 Å². The Kier molecular flexibility index (Phi) is 3.90. The minimum absolute atomic E-state index is 0.0346. The molecule has 1 rings (SSSR count). The Morgan fingerprint density at radius 2 is 2.54 bits per heavy atom. The van der Waals surface area contributed by atoms with E-state index in [-0.39, 0.29) is 18.5 Å². The largest absolute Gasteiger partial charge is 0.348 e. The van der Waals surface area contributed by atoms with Gasteiger partial charge in [0.1, 0.15) is 0 Å². The lowest BCUT2D eigenvalue weighted by atomic mass is 10.3. The van der Waals surface area contributed by atoms with E-state index in [4.69, 9.17) is 5.73 Å². The van der Waals surface area contributed by atoms with Crippen molar-refractivity contribution in [3.8, 4) is 0 Å². The van der Waals surface area contributed by atoms with Crippen LogP contribution < -0.4 is 11.1 Å². The molecule has 0 radical (unpaired) electrons. The van der Waals surface area contributed by atoms with E-state index >= 15 is 0 Å². The average Bonchev–Trinajstić information content (AvgIpc) is 2.51. The van der Waals surface area contributed by atoms with Crippen LogP contribution in [0.25, 0.3) is 0 Å². The highest BCUT2D eigenvalue weighted by atomic mass is 79.9. The fourth-order valence-electron chi connectivity index (χ4n) is 0.927. The van der Waals surface area contributed by atoms with Crippen LogP contribution in [0.5, 0.6) is 0 Å². The molecule has 1 heterocycles. The van der Waals surface area contributed by atoms with E-state index in [1.165, 1.54) is 0 Å². The van der Waals surface area contributed by atoms with Crippen molar-refractivity contribution >= 4 is 33.2 Å². The number of thiophene rings is 1. The van der Waals surface area contributed by atoms with Gasteiger partial charge in [-0.25, -0.2) is 0 Å². The van der Waals surface area contributed by atoms with Crippen LogP contribution in [0.3, 0.4) is 0 Å². The summed E-state index contributed by atoms with van der Waals surface area (Å²) < 4.78 is 1.04. The van der Waals surface area contributed by atoms with Gasteiger partial charge in [0.25, 0.3) is 0 Å². The van der Waals surface area contributed by atoms with Gasteiger partial charge in [-0.15, -0.1) is 11.3 Å². The van der Waals surface area contributed by atoms with Gasteiger partial charge in [-0.3, -0.25) is 4.79 Å². The Balaban J connectivity index is 2.58. The number of rotatable bonds is 3. The molecular formula is C8H11BrN2OS. The van der Waals surface area contributed by atoms with E-state index in [0.29, 0.717) is 0 Å². The van der Waals surface area contributed by atoms with Crippen LogP contribution in [0.15, 0.2) is 15.9 Å². The molecule has 0 aliphatic rings. The summed E-state index contributed by atoms with van der Waals surface area (Å²) in [6.07, 6.45) is 0. The van der Waals surface area contributed by atoms with Gasteiger partial charge in [0.2, 0.25) is 5.91 Å². The van der Waals surface area contributed by atoms with Crippen molar-refractivity contribution in [3.63, 3.8) is 0 Å². The standard InChI is InChI=1S/C8H11BrN2OS/c1-5(11-8(12)3-10)7-2-6(9)4-13-7/h2,4-5H,3,10H2,1H3,(H,11,12). The van der Waals surface area contributed by atoms with E-state index in [0.717, 1.165) is 9.35 Å². The van der Waals surface area contributed by atoms with E-state index in [2.05, 4.69) is 21.2 Å². The van der Waals surface area contributed by atoms with Crippen molar-refractivity contribution in [2.24, 2.45) is 5.73 Å². The highest BCUT2D eigenvalue weighted by molar-refractivity contribution is 9.10. The van der Waals surface area contributed by atoms with Crippen molar-refractivity contribution in [3.05, 3.63) is 20.8 Å². The molecule has 1 atom stereocenters. The second kappa shape index (κ2) is 4.74. The number of hydrogen-bond acceptors (Lipinski definition) is 3. The normalized spacial score (nSPS) is 12.5. The Morgan fingerprint density at radius 3 is 3.00 bits per heavy atom. The van der Waals surface area contributed by atoms with Crippen molar-refractivity contribution in [1.82, 2.24) is 5.32 Å². The number of hydrogen-bond donors (Lipinski definition) is 2. The van der Waals surface area contributed by atoms with Crippen LogP contribution in [0.1, 0.15) is 17.8 Å². The molecule has 0 saturated carbocycles. The third-order valence-corrected chi connectivity index (χ3v) is 3.45. The van der Waals surface area contributed by atoms with Crippen molar-refractivity contribution in [2.45, 2.75) is 13.0 Å². The lowest BCUT2D eigenvalue weighted by Gasteiger charge is -2.10. The quantitative estimate of drug-likeness (QED) is 0.871. The second-order valence-corrected chi connectivity index (χ2v) is 4.52. The second-order valence-electron chi connectivity index (χ2n) is 2.66. The molecule has 0 aromatic carbocycles. The fraction of sp³-hybridized carbons (Fsp3) is 0.375. The number of nitrogens with two attached hydrogens (primary N) is 1. The summed E-state index contributed by atoms with van der Waals surface area (Å²) in [4.78, 5) is 12.1. The first-order valence-corrected chi connectivity index (χ1v) is 5.54. The molecule has 0 spiro atoms. The van der Waals surface area contributed by atoms with Crippen LogP contribution >= 0.6 is 27.3 Å². The minimum Gasteiger partial charge on any atom is -0.348 e. The van der Waals surface area contributed by atoms with Crippen molar-refractivity contribution in [2.75, 3.05) is 6.54 Å². The highest BCUT2D eigenvalue weighted by Crippen LogP contribution is 2.24. The molecule has 72 valence electrons. The van der Waals surface area contributed by atoms with Gasteiger partial charge in [-0.2, -0.15) is 0 Å². The third kappa shape index (κ3) is 3.10. The van der Waals surface area contributed by atoms with Crippen LogP contribution in [0.2, 0.25) is 0 Å². The van der Waals surface area contributed by atoms with E-state index in [1.807, 2.05) is 18.4 Å². The zero-order chi connectivity index (χ0) is 9.84. The van der Waals surface area contributed by atoms with Gasteiger partial charge in [0.05, 0.1) is 12.6 Å². The van der Waals surface area contributed by atoms with Crippen LogP contribution in [-0.4, -0.2) is 12.5 Å². The molecular weight excluding hydrogens is 252 g/mol. The average molecular weight is 263 g/mol. The Bertz CT molecular complexity index is 300. The maximum atomic E-state index is 11.0. The number of carbonyl (C=O) groups is 1. The summed E-state index contributed by atoms with van der Waals surface area (Å²) in [5, 5.41) is 4.77. The monoisotopic (exact) mass is 262 g/mol. The molecule has 0 saturated heterocycles. The first-order valence-electron chi connectivity index (χ1n) is 3.87. The Morgan fingerprint density at radius 1 is 1.85 bits per heavy atom. The van der Waals surface area contributed by atoms with E-state index < -0.39 is 0 Å². The topological polar surface area (TPSA) is 55.1 Å². The molecule has 3 nitrogen and oxygen atoms in total. The maximum Gasteiger partial charge on any atom is 0.234 e. The van der Waals surface area contributed by atoms with Gasteiger partial charge in [-0.05, 0) is 28.9 Å². The lowest BCUT2D eigenvalue weighted by Crippen LogP contribution is -2.32.